The Hall–Kier alpha value is -1.16. The van der Waals surface area contributed by atoms with Crippen LogP contribution in [0.4, 0.5) is 5.82 Å². The van der Waals surface area contributed by atoms with E-state index < -0.39 is 0 Å². The third-order valence-corrected chi connectivity index (χ3v) is 3.42. The summed E-state index contributed by atoms with van der Waals surface area (Å²) in [5, 5.41) is 11.9. The maximum Gasteiger partial charge on any atom is 0.151 e. The second kappa shape index (κ2) is 5.96. The highest BCUT2D eigenvalue weighted by Crippen LogP contribution is 2.26. The van der Waals surface area contributed by atoms with Crippen molar-refractivity contribution in [2.45, 2.75) is 45.2 Å². The maximum atomic E-state index is 4.30. The molecule has 0 atom stereocenters. The predicted molar refractivity (Wildman–Crippen MR) is 70.1 cm³/mol. The van der Waals surface area contributed by atoms with Crippen LogP contribution in [0.3, 0.4) is 0 Å². The molecule has 0 spiro atoms. The van der Waals surface area contributed by atoms with Crippen LogP contribution in [0, 0.1) is 0 Å². The first-order valence-electron chi connectivity index (χ1n) is 6.57. The van der Waals surface area contributed by atoms with Crippen LogP contribution in [-0.4, -0.2) is 29.8 Å². The first-order valence-corrected chi connectivity index (χ1v) is 6.57. The Morgan fingerprint density at radius 1 is 1.35 bits per heavy atom. The van der Waals surface area contributed by atoms with Gasteiger partial charge in [0, 0.05) is 19.6 Å². The van der Waals surface area contributed by atoms with E-state index in [0.717, 1.165) is 31.0 Å². The largest absolute Gasteiger partial charge is 0.355 e. The lowest BCUT2D eigenvalue weighted by atomic mass is 9.92. The minimum absolute atomic E-state index is 0.674. The first kappa shape index (κ1) is 12.3. The van der Waals surface area contributed by atoms with Crippen LogP contribution in [0.15, 0.2) is 12.1 Å². The van der Waals surface area contributed by atoms with Gasteiger partial charge in [-0.1, -0.05) is 6.92 Å². The van der Waals surface area contributed by atoms with Crippen LogP contribution >= 0.6 is 0 Å². The third kappa shape index (κ3) is 3.16. The zero-order valence-corrected chi connectivity index (χ0v) is 10.8. The van der Waals surface area contributed by atoms with Gasteiger partial charge < -0.3 is 10.2 Å². The van der Waals surface area contributed by atoms with Crippen molar-refractivity contribution < 1.29 is 0 Å². The van der Waals surface area contributed by atoms with Crippen molar-refractivity contribution in [3.8, 4) is 0 Å². The van der Waals surface area contributed by atoms with Crippen LogP contribution in [-0.2, 0) is 6.54 Å². The van der Waals surface area contributed by atoms with Crippen LogP contribution in [0.5, 0.6) is 0 Å². The molecule has 0 radical (unpaired) electrons. The minimum Gasteiger partial charge on any atom is -0.355 e. The summed E-state index contributed by atoms with van der Waals surface area (Å²) in [6.45, 7) is 4.01. The highest BCUT2D eigenvalue weighted by Gasteiger charge is 2.22. The average Bonchev–Trinajstić information content (AvgIpc) is 2.28. The van der Waals surface area contributed by atoms with Crippen LogP contribution in [0.25, 0.3) is 0 Å². The first-order chi connectivity index (χ1) is 8.31. The van der Waals surface area contributed by atoms with Crippen molar-refractivity contribution in [3.63, 3.8) is 0 Å². The van der Waals surface area contributed by atoms with Crippen LogP contribution in [0.2, 0.25) is 0 Å². The second-order valence-corrected chi connectivity index (χ2v) is 4.76. The summed E-state index contributed by atoms with van der Waals surface area (Å²) in [6, 6.07) is 4.82. The van der Waals surface area contributed by atoms with Crippen LogP contribution < -0.4 is 10.2 Å². The standard InChI is InChI=1S/C13H22N4/c1-3-9-14-10-11-7-8-13(16-15-11)17(2)12-5-4-6-12/h7-8,12,14H,3-6,9-10H2,1-2H3. The molecule has 4 heteroatoms. The molecule has 94 valence electrons. The fourth-order valence-electron chi connectivity index (χ4n) is 1.99. The van der Waals surface area contributed by atoms with Gasteiger partial charge in [0.2, 0.25) is 0 Å². The Bertz CT molecular complexity index is 332. The van der Waals surface area contributed by atoms with Crippen molar-refractivity contribution in [1.82, 2.24) is 15.5 Å². The molecule has 2 rings (SSSR count). The normalized spacial score (nSPS) is 15.6. The average molecular weight is 234 g/mol. The summed E-state index contributed by atoms with van der Waals surface area (Å²) in [7, 11) is 2.11. The Morgan fingerprint density at radius 2 is 2.18 bits per heavy atom. The molecule has 1 heterocycles. The molecular formula is C13H22N4. The van der Waals surface area contributed by atoms with Gasteiger partial charge >= 0.3 is 0 Å². The quantitative estimate of drug-likeness (QED) is 0.764. The molecular weight excluding hydrogens is 212 g/mol. The number of hydrogen-bond acceptors (Lipinski definition) is 4. The molecule has 0 aliphatic heterocycles. The lowest BCUT2D eigenvalue weighted by Gasteiger charge is -2.35. The molecule has 1 aromatic rings. The van der Waals surface area contributed by atoms with Gasteiger partial charge in [0.15, 0.2) is 5.82 Å². The molecule has 4 nitrogen and oxygen atoms in total. The summed E-state index contributed by atoms with van der Waals surface area (Å²) in [4.78, 5) is 2.25. The van der Waals surface area contributed by atoms with Gasteiger partial charge in [-0.2, -0.15) is 5.10 Å². The summed E-state index contributed by atoms with van der Waals surface area (Å²) >= 11 is 0. The molecule has 0 aromatic carbocycles. The third-order valence-electron chi connectivity index (χ3n) is 3.42. The molecule has 1 aromatic heterocycles. The number of anilines is 1. The van der Waals surface area contributed by atoms with E-state index in [4.69, 9.17) is 0 Å². The van der Waals surface area contributed by atoms with E-state index >= 15 is 0 Å². The number of hydrogen-bond donors (Lipinski definition) is 1. The van der Waals surface area contributed by atoms with Crippen molar-refractivity contribution in [1.29, 1.82) is 0 Å². The monoisotopic (exact) mass is 234 g/mol. The number of aromatic nitrogens is 2. The van der Waals surface area contributed by atoms with E-state index in [0.29, 0.717) is 6.04 Å². The molecule has 0 bridgehead atoms. The Morgan fingerprint density at radius 3 is 2.71 bits per heavy atom. The van der Waals surface area contributed by atoms with E-state index in [1.807, 2.05) is 0 Å². The molecule has 1 saturated carbocycles. The molecule has 1 aliphatic rings. The molecule has 0 amide bonds. The highest BCUT2D eigenvalue weighted by molar-refractivity contribution is 5.38. The van der Waals surface area contributed by atoms with Gasteiger partial charge in [-0.25, -0.2) is 0 Å². The fraction of sp³-hybridized carbons (Fsp3) is 0.692. The maximum absolute atomic E-state index is 4.30. The lowest BCUT2D eigenvalue weighted by molar-refractivity contribution is 0.398. The van der Waals surface area contributed by atoms with Gasteiger partial charge in [-0.05, 0) is 44.4 Å². The fourth-order valence-corrected chi connectivity index (χ4v) is 1.99. The van der Waals surface area contributed by atoms with Gasteiger partial charge in [0.1, 0.15) is 0 Å². The predicted octanol–water partition coefficient (Wildman–Crippen LogP) is 1.96. The summed E-state index contributed by atoms with van der Waals surface area (Å²) in [5.74, 6) is 0.994. The van der Waals surface area contributed by atoms with E-state index in [1.165, 1.54) is 19.3 Å². The highest BCUT2D eigenvalue weighted by atomic mass is 15.3. The van der Waals surface area contributed by atoms with Crippen molar-refractivity contribution in [2.75, 3.05) is 18.5 Å². The minimum atomic E-state index is 0.674. The van der Waals surface area contributed by atoms with Crippen molar-refractivity contribution in [3.05, 3.63) is 17.8 Å². The Balaban J connectivity index is 1.88. The van der Waals surface area contributed by atoms with Gasteiger partial charge in [0.25, 0.3) is 0 Å². The number of nitrogens with zero attached hydrogens (tertiary/aromatic N) is 3. The van der Waals surface area contributed by atoms with Gasteiger partial charge in [-0.15, -0.1) is 5.10 Å². The summed E-state index contributed by atoms with van der Waals surface area (Å²) in [6.07, 6.45) is 5.08. The van der Waals surface area contributed by atoms with E-state index in [1.54, 1.807) is 0 Å². The molecule has 1 N–H and O–H groups in total. The second-order valence-electron chi connectivity index (χ2n) is 4.76. The van der Waals surface area contributed by atoms with E-state index in [2.05, 4.69) is 46.5 Å². The SMILES string of the molecule is CCCNCc1ccc(N(C)C2CCC2)nn1. The Kier molecular flexibility index (Phi) is 4.31. The smallest absolute Gasteiger partial charge is 0.151 e. The zero-order valence-electron chi connectivity index (χ0n) is 10.8. The molecule has 0 unspecified atom stereocenters. The molecule has 1 fully saturated rings. The number of rotatable bonds is 6. The molecule has 1 aliphatic carbocycles. The lowest BCUT2D eigenvalue weighted by Crippen LogP contribution is -2.37. The Labute approximate surface area is 103 Å². The van der Waals surface area contributed by atoms with Crippen molar-refractivity contribution in [2.24, 2.45) is 0 Å². The van der Waals surface area contributed by atoms with Gasteiger partial charge in [0.05, 0.1) is 5.69 Å². The topological polar surface area (TPSA) is 41.0 Å². The van der Waals surface area contributed by atoms with E-state index in [-0.39, 0.29) is 0 Å². The summed E-state index contributed by atoms with van der Waals surface area (Å²) in [5.41, 5.74) is 1.02. The zero-order chi connectivity index (χ0) is 12.1. The number of nitrogens with one attached hydrogen (secondary N) is 1. The molecule has 0 saturated heterocycles. The van der Waals surface area contributed by atoms with Gasteiger partial charge in [-0.3, -0.25) is 0 Å². The van der Waals surface area contributed by atoms with Crippen LogP contribution in [0.1, 0.15) is 38.3 Å². The summed E-state index contributed by atoms with van der Waals surface area (Å²) < 4.78 is 0. The van der Waals surface area contributed by atoms with Crippen molar-refractivity contribution >= 4 is 5.82 Å². The van der Waals surface area contributed by atoms with E-state index in [9.17, 15) is 0 Å². The molecule has 17 heavy (non-hydrogen) atoms.